The van der Waals surface area contributed by atoms with Crippen molar-refractivity contribution in [2.75, 3.05) is 18.0 Å². The molecule has 0 aromatic heterocycles. The molecule has 0 saturated carbocycles. The molecular formula is C17H15ClFN3O. The van der Waals surface area contributed by atoms with Crippen molar-refractivity contribution in [2.24, 2.45) is 4.99 Å². The Hall–Kier alpha value is -2.40. The Morgan fingerprint density at radius 3 is 2.61 bits per heavy atom. The van der Waals surface area contributed by atoms with Gasteiger partial charge in [0.05, 0.1) is 24.3 Å². The molecule has 2 aromatic rings. The first-order valence-corrected chi connectivity index (χ1v) is 7.21. The Morgan fingerprint density at radius 1 is 1.09 bits per heavy atom. The average molecular weight is 332 g/mol. The highest BCUT2D eigenvalue weighted by molar-refractivity contribution is 6.19. The number of benzene rings is 2. The summed E-state index contributed by atoms with van der Waals surface area (Å²) in [5.41, 5.74) is 2.51. The molecule has 4 nitrogen and oxygen atoms in total. The van der Waals surface area contributed by atoms with E-state index in [1.54, 1.807) is 17.0 Å². The van der Waals surface area contributed by atoms with E-state index in [0.717, 1.165) is 11.3 Å². The summed E-state index contributed by atoms with van der Waals surface area (Å²) in [5.74, 6) is 0.438. The number of carbonyl (C=O) groups excluding carboxylic acids is 1. The molecule has 0 N–H and O–H groups in total. The van der Waals surface area contributed by atoms with Gasteiger partial charge in [0, 0.05) is 6.54 Å². The molecule has 2 aromatic carbocycles. The molecular weight excluding hydrogens is 317 g/mol. The van der Waals surface area contributed by atoms with Gasteiger partial charge in [0.2, 0.25) is 5.96 Å². The summed E-state index contributed by atoms with van der Waals surface area (Å²) >= 11 is 0. The van der Waals surface area contributed by atoms with E-state index >= 15 is 0 Å². The van der Waals surface area contributed by atoms with Crippen LogP contribution in [0.15, 0.2) is 53.5 Å². The van der Waals surface area contributed by atoms with Gasteiger partial charge in [-0.3, -0.25) is 14.7 Å². The predicted molar refractivity (Wildman–Crippen MR) is 89.6 cm³/mol. The van der Waals surface area contributed by atoms with Crippen LogP contribution in [0.4, 0.5) is 10.1 Å². The van der Waals surface area contributed by atoms with Crippen molar-refractivity contribution in [3.05, 3.63) is 65.5 Å². The van der Waals surface area contributed by atoms with Crippen LogP contribution >= 0.6 is 12.4 Å². The van der Waals surface area contributed by atoms with E-state index in [9.17, 15) is 9.18 Å². The molecule has 0 aliphatic carbocycles. The summed E-state index contributed by atoms with van der Waals surface area (Å²) in [6, 6.07) is 14.0. The summed E-state index contributed by atoms with van der Waals surface area (Å²) in [6.45, 7) is 1.79. The monoisotopic (exact) mass is 331 g/mol. The molecule has 23 heavy (non-hydrogen) atoms. The van der Waals surface area contributed by atoms with E-state index in [-0.39, 0.29) is 24.1 Å². The van der Waals surface area contributed by atoms with Gasteiger partial charge in [-0.2, -0.15) is 0 Å². The zero-order chi connectivity index (χ0) is 15.1. The lowest BCUT2D eigenvalue weighted by Crippen LogP contribution is -2.49. The molecule has 0 spiro atoms. The second kappa shape index (κ2) is 6.01. The second-order valence-corrected chi connectivity index (χ2v) is 5.37. The first-order chi connectivity index (χ1) is 10.7. The van der Waals surface area contributed by atoms with Crippen molar-refractivity contribution >= 4 is 30.0 Å². The van der Waals surface area contributed by atoms with Gasteiger partial charge >= 0.3 is 0 Å². The number of carbonyl (C=O) groups is 1. The van der Waals surface area contributed by atoms with Crippen LogP contribution in [0.3, 0.4) is 0 Å². The third-order valence-electron chi connectivity index (χ3n) is 3.98. The zero-order valence-electron chi connectivity index (χ0n) is 12.3. The van der Waals surface area contributed by atoms with Gasteiger partial charge in [-0.15, -0.1) is 12.4 Å². The van der Waals surface area contributed by atoms with Crippen molar-refractivity contribution in [1.29, 1.82) is 0 Å². The molecule has 0 bridgehead atoms. The number of anilines is 1. The standard InChI is InChI=1S/C17H14FN3O.ClH/c18-13-7-5-12(6-8-13)11-21-15-4-2-1-3-14(15)16(22)20-10-9-19-17(20)21;/h1-8H,9-11H2;1H. The molecule has 2 heterocycles. The number of amides is 1. The topological polar surface area (TPSA) is 35.9 Å². The third kappa shape index (κ3) is 2.57. The smallest absolute Gasteiger partial charge is 0.262 e. The molecule has 2 aliphatic heterocycles. The Labute approximate surface area is 139 Å². The maximum absolute atomic E-state index is 13.1. The lowest BCUT2D eigenvalue weighted by atomic mass is 10.1. The summed E-state index contributed by atoms with van der Waals surface area (Å²) in [4.78, 5) is 20.7. The lowest BCUT2D eigenvalue weighted by Gasteiger charge is -2.36. The number of hydrogen-bond donors (Lipinski definition) is 0. The fraction of sp³-hybridized carbons (Fsp3) is 0.176. The van der Waals surface area contributed by atoms with Gasteiger partial charge in [-0.25, -0.2) is 4.39 Å². The molecule has 2 aliphatic rings. The molecule has 118 valence electrons. The van der Waals surface area contributed by atoms with Crippen LogP contribution in [0.1, 0.15) is 15.9 Å². The molecule has 4 rings (SSSR count). The SMILES string of the molecule is Cl.O=C1c2ccccc2N(Cc2ccc(F)cc2)C2=NCCN12. The fourth-order valence-corrected chi connectivity index (χ4v) is 2.93. The summed E-state index contributed by atoms with van der Waals surface area (Å²) in [5, 5.41) is 0. The number of rotatable bonds is 2. The van der Waals surface area contributed by atoms with E-state index in [1.165, 1.54) is 12.1 Å². The van der Waals surface area contributed by atoms with Crippen LogP contribution in [-0.4, -0.2) is 29.9 Å². The normalized spacial score (nSPS) is 15.7. The van der Waals surface area contributed by atoms with E-state index in [1.807, 2.05) is 29.2 Å². The second-order valence-electron chi connectivity index (χ2n) is 5.37. The van der Waals surface area contributed by atoms with Gasteiger partial charge in [0.25, 0.3) is 5.91 Å². The van der Waals surface area contributed by atoms with Gasteiger partial charge in [-0.1, -0.05) is 24.3 Å². The molecule has 0 atom stereocenters. The van der Waals surface area contributed by atoms with Gasteiger partial charge < -0.3 is 4.90 Å². The summed E-state index contributed by atoms with van der Waals surface area (Å²) < 4.78 is 13.1. The number of halogens is 2. The predicted octanol–water partition coefficient (Wildman–Crippen LogP) is 3.08. The number of aliphatic imine (C=N–C) groups is 1. The average Bonchev–Trinajstić information content (AvgIpc) is 3.03. The first-order valence-electron chi connectivity index (χ1n) is 7.21. The molecule has 1 amide bonds. The number of guanidine groups is 1. The van der Waals surface area contributed by atoms with E-state index in [0.29, 0.717) is 31.2 Å². The highest BCUT2D eigenvalue weighted by atomic mass is 35.5. The number of para-hydroxylation sites is 1. The Morgan fingerprint density at radius 2 is 1.83 bits per heavy atom. The minimum Gasteiger partial charge on any atom is -0.307 e. The highest BCUT2D eigenvalue weighted by Crippen LogP contribution is 2.31. The van der Waals surface area contributed by atoms with E-state index in [2.05, 4.69) is 4.99 Å². The van der Waals surface area contributed by atoms with Gasteiger partial charge in [0.1, 0.15) is 5.82 Å². The summed E-state index contributed by atoms with van der Waals surface area (Å²) in [6.07, 6.45) is 0. The number of fused-ring (bicyclic) bond motifs is 2. The van der Waals surface area contributed by atoms with Crippen LogP contribution in [0.5, 0.6) is 0 Å². The maximum Gasteiger partial charge on any atom is 0.262 e. The zero-order valence-corrected chi connectivity index (χ0v) is 13.1. The largest absolute Gasteiger partial charge is 0.307 e. The quantitative estimate of drug-likeness (QED) is 0.848. The van der Waals surface area contributed by atoms with E-state index in [4.69, 9.17) is 0 Å². The maximum atomic E-state index is 13.1. The van der Waals surface area contributed by atoms with Crippen LogP contribution < -0.4 is 4.90 Å². The molecule has 0 unspecified atom stereocenters. The Balaban J connectivity index is 0.00000156. The van der Waals surface area contributed by atoms with Crippen molar-refractivity contribution < 1.29 is 9.18 Å². The Kier molecular flexibility index (Phi) is 4.05. The number of nitrogens with zero attached hydrogens (tertiary/aromatic N) is 3. The first kappa shape index (κ1) is 15.5. The van der Waals surface area contributed by atoms with E-state index < -0.39 is 0 Å². The van der Waals surface area contributed by atoms with Crippen LogP contribution in [0.2, 0.25) is 0 Å². The van der Waals surface area contributed by atoms with Crippen LogP contribution in [0.25, 0.3) is 0 Å². The van der Waals surface area contributed by atoms with Crippen LogP contribution in [0, 0.1) is 5.82 Å². The fourth-order valence-electron chi connectivity index (χ4n) is 2.93. The molecule has 0 radical (unpaired) electrons. The van der Waals surface area contributed by atoms with Gasteiger partial charge in [-0.05, 0) is 29.8 Å². The Bertz CT molecular complexity index is 776. The number of hydrogen-bond acceptors (Lipinski definition) is 3. The van der Waals surface area contributed by atoms with Gasteiger partial charge in [0.15, 0.2) is 0 Å². The highest BCUT2D eigenvalue weighted by Gasteiger charge is 2.36. The van der Waals surface area contributed by atoms with Crippen molar-refractivity contribution in [3.8, 4) is 0 Å². The lowest BCUT2D eigenvalue weighted by molar-refractivity contribution is 0.0851. The minimum absolute atomic E-state index is 0. The molecule has 0 fully saturated rings. The third-order valence-corrected chi connectivity index (χ3v) is 3.98. The van der Waals surface area contributed by atoms with Crippen molar-refractivity contribution in [3.63, 3.8) is 0 Å². The van der Waals surface area contributed by atoms with Crippen molar-refractivity contribution in [1.82, 2.24) is 4.90 Å². The van der Waals surface area contributed by atoms with Crippen LogP contribution in [-0.2, 0) is 6.54 Å². The van der Waals surface area contributed by atoms with Crippen molar-refractivity contribution in [2.45, 2.75) is 6.54 Å². The molecule has 0 saturated heterocycles. The minimum atomic E-state index is -0.252. The summed E-state index contributed by atoms with van der Waals surface area (Å²) in [7, 11) is 0. The molecule has 6 heteroatoms.